The van der Waals surface area contributed by atoms with E-state index in [1.165, 1.54) is 5.56 Å². The SMILES string of the molecule is Clc1ccc(C2CN2n2cnnc2)cc1. The molecule has 1 fully saturated rings. The van der Waals surface area contributed by atoms with Gasteiger partial charge in [-0.2, -0.15) is 0 Å². The highest BCUT2D eigenvalue weighted by Crippen LogP contribution is 2.32. The lowest BCUT2D eigenvalue weighted by Crippen LogP contribution is -2.10. The molecule has 1 unspecified atom stereocenters. The first-order valence-electron chi connectivity index (χ1n) is 4.71. The Morgan fingerprint density at radius 3 is 2.47 bits per heavy atom. The summed E-state index contributed by atoms with van der Waals surface area (Å²) in [5.74, 6) is 0. The second-order valence-corrected chi connectivity index (χ2v) is 3.97. The minimum atomic E-state index is 0.429. The van der Waals surface area contributed by atoms with Crippen molar-refractivity contribution in [2.75, 3.05) is 11.6 Å². The molecule has 4 nitrogen and oxygen atoms in total. The summed E-state index contributed by atoms with van der Waals surface area (Å²) < 4.78 is 1.90. The van der Waals surface area contributed by atoms with Gasteiger partial charge in [0, 0.05) is 5.02 Å². The molecule has 0 aliphatic carbocycles. The van der Waals surface area contributed by atoms with Gasteiger partial charge in [0.1, 0.15) is 12.7 Å². The van der Waals surface area contributed by atoms with Crippen LogP contribution in [-0.2, 0) is 0 Å². The summed E-state index contributed by atoms with van der Waals surface area (Å²) in [6.07, 6.45) is 3.41. The number of rotatable bonds is 2. The first kappa shape index (κ1) is 8.73. The molecule has 0 bridgehead atoms. The Kier molecular flexibility index (Phi) is 1.89. The topological polar surface area (TPSA) is 33.7 Å². The first-order valence-corrected chi connectivity index (χ1v) is 5.09. The van der Waals surface area contributed by atoms with E-state index >= 15 is 0 Å². The molecular formula is C10H9ClN4. The summed E-state index contributed by atoms with van der Waals surface area (Å²) in [6.45, 7) is 1.000. The molecule has 1 aliphatic heterocycles. The highest BCUT2D eigenvalue weighted by Gasteiger charge is 2.35. The van der Waals surface area contributed by atoms with Gasteiger partial charge in [-0.1, -0.05) is 23.7 Å². The van der Waals surface area contributed by atoms with E-state index in [-0.39, 0.29) is 0 Å². The molecular weight excluding hydrogens is 212 g/mol. The maximum absolute atomic E-state index is 5.83. The van der Waals surface area contributed by atoms with E-state index in [1.807, 2.05) is 16.8 Å². The molecule has 0 amide bonds. The first-order chi connectivity index (χ1) is 7.34. The van der Waals surface area contributed by atoms with Crippen LogP contribution in [0.3, 0.4) is 0 Å². The fourth-order valence-corrected chi connectivity index (χ4v) is 1.80. The van der Waals surface area contributed by atoms with Crippen molar-refractivity contribution in [2.45, 2.75) is 6.04 Å². The van der Waals surface area contributed by atoms with E-state index in [0.717, 1.165) is 11.6 Å². The van der Waals surface area contributed by atoms with E-state index < -0.39 is 0 Å². The lowest BCUT2D eigenvalue weighted by atomic mass is 10.2. The van der Waals surface area contributed by atoms with Crippen LogP contribution in [-0.4, -0.2) is 21.4 Å². The van der Waals surface area contributed by atoms with Crippen molar-refractivity contribution in [2.24, 2.45) is 0 Å². The normalized spacial score (nSPS) is 19.3. The van der Waals surface area contributed by atoms with E-state index in [9.17, 15) is 0 Å². The quantitative estimate of drug-likeness (QED) is 0.722. The lowest BCUT2D eigenvalue weighted by molar-refractivity contribution is 0.793. The second-order valence-electron chi connectivity index (χ2n) is 3.53. The predicted octanol–water partition coefficient (Wildman–Crippen LogP) is 1.62. The average molecular weight is 221 g/mol. The van der Waals surface area contributed by atoms with Crippen LogP contribution in [0.25, 0.3) is 0 Å². The van der Waals surface area contributed by atoms with Gasteiger partial charge in [-0.3, -0.25) is 5.01 Å². The Hall–Kier alpha value is -1.55. The molecule has 3 rings (SSSR count). The number of nitrogens with zero attached hydrogens (tertiary/aromatic N) is 4. The number of hydrogen-bond acceptors (Lipinski definition) is 3. The van der Waals surface area contributed by atoms with Gasteiger partial charge in [0.2, 0.25) is 0 Å². The van der Waals surface area contributed by atoms with Gasteiger partial charge in [0.15, 0.2) is 0 Å². The van der Waals surface area contributed by atoms with Gasteiger partial charge < -0.3 is 0 Å². The molecule has 1 aliphatic rings. The van der Waals surface area contributed by atoms with Crippen molar-refractivity contribution < 1.29 is 0 Å². The van der Waals surface area contributed by atoms with Crippen LogP contribution in [0.5, 0.6) is 0 Å². The molecule has 0 N–H and O–H groups in total. The van der Waals surface area contributed by atoms with Gasteiger partial charge >= 0.3 is 0 Å². The molecule has 1 atom stereocenters. The second kappa shape index (κ2) is 3.24. The fourth-order valence-electron chi connectivity index (χ4n) is 1.68. The third-order valence-electron chi connectivity index (χ3n) is 2.54. The molecule has 0 radical (unpaired) electrons. The Morgan fingerprint density at radius 2 is 1.80 bits per heavy atom. The highest BCUT2D eigenvalue weighted by molar-refractivity contribution is 6.30. The Bertz CT molecular complexity index is 451. The van der Waals surface area contributed by atoms with E-state index in [2.05, 4.69) is 27.3 Å². The summed E-state index contributed by atoms with van der Waals surface area (Å²) in [7, 11) is 0. The van der Waals surface area contributed by atoms with Crippen LogP contribution in [0.4, 0.5) is 0 Å². The van der Waals surface area contributed by atoms with Gasteiger partial charge in [-0.05, 0) is 17.7 Å². The minimum Gasteiger partial charge on any atom is -0.299 e. The average Bonchev–Trinajstić information content (AvgIpc) is 2.87. The molecule has 76 valence electrons. The zero-order valence-electron chi connectivity index (χ0n) is 7.92. The Labute approximate surface area is 92.1 Å². The van der Waals surface area contributed by atoms with Crippen molar-refractivity contribution in [3.05, 3.63) is 47.5 Å². The number of hydrogen-bond donors (Lipinski definition) is 0. The molecule has 5 heteroatoms. The van der Waals surface area contributed by atoms with Crippen molar-refractivity contribution in [3.8, 4) is 0 Å². The molecule has 0 spiro atoms. The standard InChI is InChI=1S/C10H9ClN4/c11-9-3-1-8(2-4-9)10-5-15(10)14-6-12-13-7-14/h1-4,6-7,10H,5H2. The molecule has 1 saturated heterocycles. The van der Waals surface area contributed by atoms with Gasteiger partial charge in [0.05, 0.1) is 12.6 Å². The summed E-state index contributed by atoms with van der Waals surface area (Å²) in [4.78, 5) is 0. The molecule has 1 aromatic carbocycles. The minimum absolute atomic E-state index is 0.429. The smallest absolute Gasteiger partial charge is 0.139 e. The van der Waals surface area contributed by atoms with Gasteiger partial charge in [-0.15, -0.1) is 10.2 Å². The summed E-state index contributed by atoms with van der Waals surface area (Å²) >= 11 is 5.83. The van der Waals surface area contributed by atoms with Crippen LogP contribution in [0, 0.1) is 0 Å². The van der Waals surface area contributed by atoms with Crippen LogP contribution < -0.4 is 5.01 Å². The van der Waals surface area contributed by atoms with E-state index in [1.54, 1.807) is 12.7 Å². The molecule has 2 aromatic rings. The van der Waals surface area contributed by atoms with Crippen molar-refractivity contribution in [3.63, 3.8) is 0 Å². The van der Waals surface area contributed by atoms with Crippen molar-refractivity contribution in [1.29, 1.82) is 0 Å². The molecule has 2 heterocycles. The summed E-state index contributed by atoms with van der Waals surface area (Å²) in [6, 6.07) is 8.37. The third kappa shape index (κ3) is 1.57. The van der Waals surface area contributed by atoms with E-state index in [4.69, 9.17) is 11.6 Å². The molecule has 1 aromatic heterocycles. The largest absolute Gasteiger partial charge is 0.299 e. The summed E-state index contributed by atoms with van der Waals surface area (Å²) in [5, 5.41) is 10.5. The maximum atomic E-state index is 5.83. The van der Waals surface area contributed by atoms with Crippen LogP contribution >= 0.6 is 11.6 Å². The Morgan fingerprint density at radius 1 is 1.13 bits per heavy atom. The number of aromatic nitrogens is 3. The molecule has 0 saturated carbocycles. The third-order valence-corrected chi connectivity index (χ3v) is 2.80. The van der Waals surface area contributed by atoms with Gasteiger partial charge in [0.25, 0.3) is 0 Å². The van der Waals surface area contributed by atoms with Crippen LogP contribution in [0.2, 0.25) is 5.02 Å². The van der Waals surface area contributed by atoms with Gasteiger partial charge in [-0.25, -0.2) is 4.68 Å². The number of benzene rings is 1. The zero-order valence-corrected chi connectivity index (χ0v) is 8.67. The fraction of sp³-hybridized carbons (Fsp3) is 0.200. The zero-order chi connectivity index (χ0) is 10.3. The Balaban J connectivity index is 1.79. The molecule has 15 heavy (non-hydrogen) atoms. The maximum Gasteiger partial charge on any atom is 0.139 e. The van der Waals surface area contributed by atoms with Crippen molar-refractivity contribution in [1.82, 2.24) is 14.9 Å². The summed E-state index contributed by atoms with van der Waals surface area (Å²) in [5.41, 5.74) is 1.27. The predicted molar refractivity (Wildman–Crippen MR) is 57.3 cm³/mol. The van der Waals surface area contributed by atoms with Crippen LogP contribution in [0.15, 0.2) is 36.9 Å². The van der Waals surface area contributed by atoms with E-state index in [0.29, 0.717) is 6.04 Å². The van der Waals surface area contributed by atoms with Crippen molar-refractivity contribution >= 4 is 11.6 Å². The number of halogens is 1. The monoisotopic (exact) mass is 220 g/mol. The lowest BCUT2D eigenvalue weighted by Gasteiger charge is -2.04. The highest BCUT2D eigenvalue weighted by atomic mass is 35.5. The van der Waals surface area contributed by atoms with Crippen LogP contribution in [0.1, 0.15) is 11.6 Å².